The first-order chi connectivity index (χ1) is 8.65. The number of benzene rings is 1. The Bertz CT molecular complexity index is 408. The molecule has 19 heavy (non-hydrogen) atoms. The molecule has 1 amide bonds. The maximum Gasteiger partial charge on any atom is 0.224 e. The van der Waals surface area contributed by atoms with E-state index in [0.717, 1.165) is 12.8 Å². The summed E-state index contributed by atoms with van der Waals surface area (Å²) in [5, 5.41) is 12.0. The van der Waals surface area contributed by atoms with E-state index in [4.69, 9.17) is 10.8 Å². The van der Waals surface area contributed by atoms with E-state index in [1.807, 2.05) is 0 Å². The van der Waals surface area contributed by atoms with Crippen molar-refractivity contribution < 1.29 is 9.90 Å². The van der Waals surface area contributed by atoms with Crippen LogP contribution in [0.1, 0.15) is 32.1 Å². The Kier molecular flexibility index (Phi) is 6.12. The summed E-state index contributed by atoms with van der Waals surface area (Å²) in [5.74, 6) is 0.501. The van der Waals surface area contributed by atoms with Crippen LogP contribution >= 0.6 is 12.4 Å². The quantitative estimate of drug-likeness (QED) is 0.747. The van der Waals surface area contributed by atoms with E-state index in [1.165, 1.54) is 12.8 Å². The van der Waals surface area contributed by atoms with Gasteiger partial charge in [0.05, 0.1) is 0 Å². The van der Waals surface area contributed by atoms with Gasteiger partial charge in [-0.25, -0.2) is 0 Å². The zero-order valence-corrected chi connectivity index (χ0v) is 11.7. The van der Waals surface area contributed by atoms with E-state index in [1.54, 1.807) is 24.3 Å². The van der Waals surface area contributed by atoms with Gasteiger partial charge in [0, 0.05) is 18.2 Å². The Balaban J connectivity index is 0.00000180. The van der Waals surface area contributed by atoms with Crippen LogP contribution in [0.25, 0.3) is 0 Å². The van der Waals surface area contributed by atoms with Gasteiger partial charge in [-0.3, -0.25) is 4.79 Å². The molecule has 4 N–H and O–H groups in total. The molecule has 1 fully saturated rings. The van der Waals surface area contributed by atoms with Crippen LogP contribution in [0.15, 0.2) is 24.3 Å². The van der Waals surface area contributed by atoms with Crippen LogP contribution in [0.5, 0.6) is 5.75 Å². The monoisotopic (exact) mass is 284 g/mol. The van der Waals surface area contributed by atoms with Crippen molar-refractivity contribution in [3.8, 4) is 5.75 Å². The molecule has 1 aromatic carbocycles. The van der Waals surface area contributed by atoms with Crippen LogP contribution in [0.4, 0.5) is 5.69 Å². The van der Waals surface area contributed by atoms with Crippen LogP contribution in [-0.4, -0.2) is 17.1 Å². The van der Waals surface area contributed by atoms with Crippen molar-refractivity contribution in [2.75, 3.05) is 5.32 Å². The molecule has 0 saturated heterocycles. The highest BCUT2D eigenvalue weighted by Crippen LogP contribution is 2.26. The molecule has 1 saturated carbocycles. The van der Waals surface area contributed by atoms with E-state index in [2.05, 4.69) is 5.32 Å². The fourth-order valence-corrected chi connectivity index (χ4v) is 2.48. The van der Waals surface area contributed by atoms with Crippen molar-refractivity contribution >= 4 is 24.0 Å². The molecule has 0 heterocycles. The lowest BCUT2D eigenvalue weighted by Gasteiger charge is -2.27. The molecule has 0 aliphatic heterocycles. The summed E-state index contributed by atoms with van der Waals surface area (Å²) in [6.07, 6.45) is 4.91. The Morgan fingerprint density at radius 2 is 1.89 bits per heavy atom. The second-order valence-electron chi connectivity index (χ2n) is 5.01. The van der Waals surface area contributed by atoms with Gasteiger partial charge in [0.2, 0.25) is 5.91 Å². The predicted octanol–water partition coefficient (Wildman–Crippen LogP) is 2.66. The number of carbonyl (C=O) groups is 1. The number of rotatable bonds is 3. The molecule has 2 atom stereocenters. The smallest absolute Gasteiger partial charge is 0.224 e. The summed E-state index contributed by atoms with van der Waals surface area (Å²) in [4.78, 5) is 11.9. The summed E-state index contributed by atoms with van der Waals surface area (Å²) < 4.78 is 0. The van der Waals surface area contributed by atoms with Gasteiger partial charge < -0.3 is 16.2 Å². The minimum atomic E-state index is 0. The Hall–Kier alpha value is -1.26. The molecule has 1 aliphatic rings. The van der Waals surface area contributed by atoms with Crippen LogP contribution in [0.2, 0.25) is 0 Å². The van der Waals surface area contributed by atoms with Crippen molar-refractivity contribution in [3.63, 3.8) is 0 Å². The first-order valence-corrected chi connectivity index (χ1v) is 6.49. The highest BCUT2D eigenvalue weighted by molar-refractivity contribution is 5.90. The zero-order valence-electron chi connectivity index (χ0n) is 10.8. The minimum absolute atomic E-state index is 0. The first-order valence-electron chi connectivity index (χ1n) is 6.49. The lowest BCUT2D eigenvalue weighted by Crippen LogP contribution is -2.35. The van der Waals surface area contributed by atoms with E-state index >= 15 is 0 Å². The number of nitrogens with one attached hydrogen (secondary N) is 1. The Labute approximate surface area is 119 Å². The number of halogens is 1. The van der Waals surface area contributed by atoms with Gasteiger partial charge in [0.25, 0.3) is 0 Å². The lowest BCUT2D eigenvalue weighted by atomic mass is 9.83. The molecule has 2 rings (SSSR count). The molecule has 0 spiro atoms. The second kappa shape index (κ2) is 7.36. The number of aromatic hydroxyl groups is 1. The third-order valence-electron chi connectivity index (χ3n) is 3.57. The van der Waals surface area contributed by atoms with Crippen molar-refractivity contribution in [3.05, 3.63) is 24.3 Å². The molecule has 5 heteroatoms. The molecule has 106 valence electrons. The molecule has 0 radical (unpaired) electrons. The predicted molar refractivity (Wildman–Crippen MR) is 78.5 cm³/mol. The van der Waals surface area contributed by atoms with Crippen molar-refractivity contribution in [1.29, 1.82) is 0 Å². The number of phenolic OH excluding ortho intramolecular Hbond substituents is 1. The molecular formula is C14H21ClN2O2. The van der Waals surface area contributed by atoms with Gasteiger partial charge in [-0.15, -0.1) is 12.4 Å². The summed E-state index contributed by atoms with van der Waals surface area (Å²) in [7, 11) is 0. The third-order valence-corrected chi connectivity index (χ3v) is 3.57. The lowest BCUT2D eigenvalue weighted by molar-refractivity contribution is -0.117. The van der Waals surface area contributed by atoms with Crippen LogP contribution in [0, 0.1) is 5.92 Å². The van der Waals surface area contributed by atoms with Gasteiger partial charge in [0.15, 0.2) is 0 Å². The molecule has 1 aliphatic carbocycles. The highest BCUT2D eigenvalue weighted by atomic mass is 35.5. The van der Waals surface area contributed by atoms with Crippen LogP contribution < -0.4 is 11.1 Å². The van der Waals surface area contributed by atoms with Crippen molar-refractivity contribution in [2.45, 2.75) is 38.1 Å². The van der Waals surface area contributed by atoms with Crippen LogP contribution in [-0.2, 0) is 4.79 Å². The zero-order chi connectivity index (χ0) is 13.0. The minimum Gasteiger partial charge on any atom is -0.508 e. The fraction of sp³-hybridized carbons (Fsp3) is 0.500. The fourth-order valence-electron chi connectivity index (χ4n) is 2.48. The number of nitrogens with two attached hydrogens (primary N) is 1. The summed E-state index contributed by atoms with van der Waals surface area (Å²) in [5.41, 5.74) is 6.74. The summed E-state index contributed by atoms with van der Waals surface area (Å²) >= 11 is 0. The van der Waals surface area contributed by atoms with Crippen molar-refractivity contribution in [1.82, 2.24) is 0 Å². The largest absolute Gasteiger partial charge is 0.508 e. The highest BCUT2D eigenvalue weighted by Gasteiger charge is 2.24. The SMILES string of the molecule is Cl.NC1CCCCC1CC(=O)Nc1ccc(O)cc1. The standard InChI is InChI=1S/C14H20N2O2.ClH/c15-13-4-2-1-3-10(13)9-14(18)16-11-5-7-12(17)8-6-11;/h5-8,10,13,17H,1-4,9,15H2,(H,16,18);1H. The maximum atomic E-state index is 11.9. The van der Waals surface area contributed by atoms with Gasteiger partial charge >= 0.3 is 0 Å². The topological polar surface area (TPSA) is 75.4 Å². The number of hydrogen-bond acceptors (Lipinski definition) is 3. The molecular weight excluding hydrogens is 264 g/mol. The summed E-state index contributed by atoms with van der Waals surface area (Å²) in [6.45, 7) is 0. The van der Waals surface area contributed by atoms with Gasteiger partial charge in [-0.05, 0) is 43.0 Å². The molecule has 4 nitrogen and oxygen atoms in total. The average Bonchev–Trinajstić information content (AvgIpc) is 2.35. The van der Waals surface area contributed by atoms with E-state index in [-0.39, 0.29) is 30.1 Å². The number of carbonyl (C=O) groups excluding carboxylic acids is 1. The number of anilines is 1. The third kappa shape index (κ3) is 4.73. The van der Waals surface area contributed by atoms with Gasteiger partial charge in [0.1, 0.15) is 5.75 Å². The molecule has 0 bridgehead atoms. The molecule has 1 aromatic rings. The van der Waals surface area contributed by atoms with E-state index in [0.29, 0.717) is 18.0 Å². The Morgan fingerprint density at radius 3 is 2.53 bits per heavy atom. The molecule has 0 aromatic heterocycles. The van der Waals surface area contributed by atoms with E-state index < -0.39 is 0 Å². The second-order valence-corrected chi connectivity index (χ2v) is 5.01. The van der Waals surface area contributed by atoms with Crippen molar-refractivity contribution in [2.24, 2.45) is 11.7 Å². The van der Waals surface area contributed by atoms with E-state index in [9.17, 15) is 4.79 Å². The number of amides is 1. The van der Waals surface area contributed by atoms with Gasteiger partial charge in [-0.1, -0.05) is 12.8 Å². The van der Waals surface area contributed by atoms with Gasteiger partial charge in [-0.2, -0.15) is 0 Å². The Morgan fingerprint density at radius 1 is 1.26 bits per heavy atom. The summed E-state index contributed by atoms with van der Waals surface area (Å²) in [6, 6.07) is 6.65. The number of hydrogen-bond donors (Lipinski definition) is 3. The first kappa shape index (κ1) is 15.8. The molecule has 2 unspecified atom stereocenters. The maximum absolute atomic E-state index is 11.9. The number of phenols is 1. The van der Waals surface area contributed by atoms with Crippen LogP contribution in [0.3, 0.4) is 0 Å². The normalized spacial score (nSPS) is 22.4. The average molecular weight is 285 g/mol.